The second-order valence-electron chi connectivity index (χ2n) is 6.48. The molecule has 0 unspecified atom stereocenters. The maximum Gasteiger partial charge on any atom is 0.273 e. The lowest BCUT2D eigenvalue weighted by Gasteiger charge is -2.15. The summed E-state index contributed by atoms with van der Waals surface area (Å²) in [7, 11) is 3.07. The maximum absolute atomic E-state index is 12.5. The van der Waals surface area contributed by atoms with E-state index in [1.54, 1.807) is 26.2 Å². The van der Waals surface area contributed by atoms with Crippen molar-refractivity contribution in [3.8, 4) is 11.5 Å². The van der Waals surface area contributed by atoms with Gasteiger partial charge in [-0.05, 0) is 53.6 Å². The molecule has 7 heteroatoms. The Labute approximate surface area is 173 Å². The molecule has 0 aliphatic heterocycles. The number of carbonyl (C=O) groups excluding carboxylic acids is 2. The second-order valence-corrected chi connectivity index (χ2v) is 6.92. The van der Waals surface area contributed by atoms with Gasteiger partial charge in [0.25, 0.3) is 5.91 Å². The highest BCUT2D eigenvalue weighted by Gasteiger charge is 2.18. The third-order valence-corrected chi connectivity index (χ3v) is 4.91. The van der Waals surface area contributed by atoms with E-state index in [1.807, 2.05) is 36.4 Å². The van der Waals surface area contributed by atoms with Crippen molar-refractivity contribution in [2.45, 2.75) is 12.8 Å². The first-order chi connectivity index (χ1) is 13.9. The van der Waals surface area contributed by atoms with Gasteiger partial charge in [0.2, 0.25) is 5.91 Å². The van der Waals surface area contributed by atoms with Crippen molar-refractivity contribution in [1.29, 1.82) is 0 Å². The predicted octanol–water partition coefficient (Wildman–Crippen LogP) is 4.08. The summed E-state index contributed by atoms with van der Waals surface area (Å²) in [6.45, 7) is 1.77. The number of hydrogen-bond donors (Lipinski definition) is 2. The topological polar surface area (TPSA) is 76.7 Å². The van der Waals surface area contributed by atoms with Crippen LogP contribution in [0.5, 0.6) is 11.5 Å². The van der Waals surface area contributed by atoms with Crippen molar-refractivity contribution in [1.82, 2.24) is 10.9 Å². The van der Waals surface area contributed by atoms with Crippen molar-refractivity contribution < 1.29 is 19.1 Å². The predicted molar refractivity (Wildman–Crippen MR) is 113 cm³/mol. The standard InChI is InChI=1S/C22H21ClN2O4/c1-13(14-4-5-16-11-18(28-2)8-6-15(16)10-14)21(26)24-25-22(27)19-12-17(23)7-9-20(19)29-3/h4-13H,1-3H3,(H,24,26)(H,25,27)/t13-/m0/s1. The molecule has 6 nitrogen and oxygen atoms in total. The Kier molecular flexibility index (Phi) is 6.24. The number of benzene rings is 3. The number of nitrogens with one attached hydrogen (secondary N) is 2. The monoisotopic (exact) mass is 412 g/mol. The highest BCUT2D eigenvalue weighted by molar-refractivity contribution is 6.31. The van der Waals surface area contributed by atoms with Crippen molar-refractivity contribution >= 4 is 34.2 Å². The molecule has 0 spiro atoms. The molecule has 0 saturated carbocycles. The molecule has 3 aromatic carbocycles. The Bertz CT molecular complexity index is 1070. The summed E-state index contributed by atoms with van der Waals surface area (Å²) in [5, 5.41) is 2.40. The van der Waals surface area contributed by atoms with Crippen LogP contribution in [0.2, 0.25) is 5.02 Å². The zero-order chi connectivity index (χ0) is 21.0. The Hall–Kier alpha value is -3.25. The molecular formula is C22H21ClN2O4. The molecule has 3 rings (SSSR count). The van der Waals surface area contributed by atoms with Crippen LogP contribution in [-0.2, 0) is 4.79 Å². The highest BCUT2D eigenvalue weighted by atomic mass is 35.5. The van der Waals surface area contributed by atoms with Crippen LogP contribution < -0.4 is 20.3 Å². The van der Waals surface area contributed by atoms with E-state index in [1.165, 1.54) is 13.2 Å². The third kappa shape index (κ3) is 4.60. The van der Waals surface area contributed by atoms with E-state index in [0.29, 0.717) is 10.8 Å². The minimum Gasteiger partial charge on any atom is -0.497 e. The quantitative estimate of drug-likeness (QED) is 0.619. The molecule has 2 amide bonds. The molecule has 0 bridgehead atoms. The van der Waals surface area contributed by atoms with E-state index < -0.39 is 11.8 Å². The molecule has 0 saturated heterocycles. The van der Waals surface area contributed by atoms with Gasteiger partial charge in [0.05, 0.1) is 25.7 Å². The third-order valence-electron chi connectivity index (χ3n) is 4.67. The lowest BCUT2D eigenvalue weighted by Crippen LogP contribution is -2.43. The van der Waals surface area contributed by atoms with Gasteiger partial charge in [-0.25, -0.2) is 0 Å². The number of fused-ring (bicyclic) bond motifs is 1. The van der Waals surface area contributed by atoms with Crippen molar-refractivity contribution in [3.05, 3.63) is 70.7 Å². The summed E-state index contributed by atoms with van der Waals surface area (Å²) in [5.41, 5.74) is 5.93. The van der Waals surface area contributed by atoms with Gasteiger partial charge in [-0.2, -0.15) is 0 Å². The van der Waals surface area contributed by atoms with E-state index in [-0.39, 0.29) is 11.5 Å². The highest BCUT2D eigenvalue weighted by Crippen LogP contribution is 2.25. The number of hydrogen-bond acceptors (Lipinski definition) is 4. The van der Waals surface area contributed by atoms with Crippen LogP contribution in [0, 0.1) is 0 Å². The van der Waals surface area contributed by atoms with Crippen molar-refractivity contribution in [2.24, 2.45) is 0 Å². The average Bonchev–Trinajstić information content (AvgIpc) is 2.75. The van der Waals surface area contributed by atoms with Crippen LogP contribution in [0.4, 0.5) is 0 Å². The van der Waals surface area contributed by atoms with Crippen LogP contribution in [0.3, 0.4) is 0 Å². The average molecular weight is 413 g/mol. The molecule has 3 aromatic rings. The summed E-state index contributed by atoms with van der Waals surface area (Å²) in [4.78, 5) is 24.9. The fraction of sp³-hybridized carbons (Fsp3) is 0.182. The van der Waals surface area contributed by atoms with E-state index in [4.69, 9.17) is 21.1 Å². The molecule has 1 atom stereocenters. The summed E-state index contributed by atoms with van der Waals surface area (Å²) in [6.07, 6.45) is 0. The molecule has 0 fully saturated rings. The minimum atomic E-state index is -0.518. The lowest BCUT2D eigenvalue weighted by atomic mass is 9.97. The first kappa shape index (κ1) is 20.5. The van der Waals surface area contributed by atoms with Crippen LogP contribution in [0.15, 0.2) is 54.6 Å². The van der Waals surface area contributed by atoms with Gasteiger partial charge in [0.1, 0.15) is 11.5 Å². The van der Waals surface area contributed by atoms with Gasteiger partial charge in [-0.1, -0.05) is 35.9 Å². The van der Waals surface area contributed by atoms with Crippen molar-refractivity contribution in [3.63, 3.8) is 0 Å². The number of hydrazine groups is 1. The number of halogens is 1. The SMILES string of the molecule is COc1ccc2cc([C@H](C)C(=O)NNC(=O)c3cc(Cl)ccc3OC)ccc2c1. The summed E-state index contributed by atoms with van der Waals surface area (Å²) in [6, 6.07) is 16.2. The Morgan fingerprint density at radius 1 is 0.897 bits per heavy atom. The van der Waals surface area contributed by atoms with E-state index >= 15 is 0 Å². The van der Waals surface area contributed by atoms with Crippen LogP contribution >= 0.6 is 11.6 Å². The van der Waals surface area contributed by atoms with Gasteiger partial charge in [-0.3, -0.25) is 20.4 Å². The fourth-order valence-corrected chi connectivity index (χ4v) is 3.11. The van der Waals surface area contributed by atoms with Gasteiger partial charge in [0.15, 0.2) is 0 Å². The first-order valence-electron chi connectivity index (χ1n) is 8.94. The van der Waals surface area contributed by atoms with Crippen molar-refractivity contribution in [2.75, 3.05) is 14.2 Å². The number of methoxy groups -OCH3 is 2. The van der Waals surface area contributed by atoms with Crippen LogP contribution in [0.25, 0.3) is 10.8 Å². The lowest BCUT2D eigenvalue weighted by molar-refractivity contribution is -0.123. The molecule has 150 valence electrons. The number of rotatable bonds is 5. The number of carbonyl (C=O) groups is 2. The molecule has 0 heterocycles. The number of amides is 2. The molecular weight excluding hydrogens is 392 g/mol. The molecule has 0 aromatic heterocycles. The molecule has 0 aliphatic rings. The smallest absolute Gasteiger partial charge is 0.273 e. The zero-order valence-electron chi connectivity index (χ0n) is 16.3. The maximum atomic E-state index is 12.5. The van der Waals surface area contributed by atoms with Gasteiger partial charge in [-0.15, -0.1) is 0 Å². The van der Waals surface area contributed by atoms with Gasteiger partial charge in [0, 0.05) is 5.02 Å². The molecule has 0 radical (unpaired) electrons. The molecule has 29 heavy (non-hydrogen) atoms. The molecule has 2 N–H and O–H groups in total. The Morgan fingerprint density at radius 2 is 1.62 bits per heavy atom. The summed E-state index contributed by atoms with van der Waals surface area (Å²) >= 11 is 5.95. The van der Waals surface area contributed by atoms with E-state index in [0.717, 1.165) is 22.1 Å². The summed E-state index contributed by atoms with van der Waals surface area (Å²) in [5.74, 6) is -0.194. The van der Waals surface area contributed by atoms with E-state index in [2.05, 4.69) is 10.9 Å². The number of ether oxygens (including phenoxy) is 2. The Morgan fingerprint density at radius 3 is 2.34 bits per heavy atom. The first-order valence-corrected chi connectivity index (χ1v) is 9.32. The van der Waals surface area contributed by atoms with Crippen LogP contribution in [-0.4, -0.2) is 26.0 Å². The zero-order valence-corrected chi connectivity index (χ0v) is 17.0. The largest absolute Gasteiger partial charge is 0.497 e. The normalized spacial score (nSPS) is 11.6. The molecule has 0 aliphatic carbocycles. The van der Waals surface area contributed by atoms with E-state index in [9.17, 15) is 9.59 Å². The van der Waals surface area contributed by atoms with Gasteiger partial charge >= 0.3 is 0 Å². The fourth-order valence-electron chi connectivity index (χ4n) is 2.94. The van der Waals surface area contributed by atoms with Gasteiger partial charge < -0.3 is 9.47 Å². The Balaban J connectivity index is 1.70. The summed E-state index contributed by atoms with van der Waals surface area (Å²) < 4.78 is 10.4. The second kappa shape index (κ2) is 8.84. The minimum absolute atomic E-state index is 0.229. The van der Waals surface area contributed by atoms with Crippen LogP contribution in [0.1, 0.15) is 28.8 Å².